The van der Waals surface area contributed by atoms with Crippen LogP contribution < -0.4 is 16.0 Å². The van der Waals surface area contributed by atoms with Gasteiger partial charge in [0.2, 0.25) is 17.7 Å². The maximum Gasteiger partial charge on any atom is 0.231 e. The predicted molar refractivity (Wildman–Crippen MR) is 161 cm³/mol. The number of carbonyl (C=O) groups excluding carboxylic acids is 3. The minimum atomic E-state index is -1.47. The van der Waals surface area contributed by atoms with Crippen LogP contribution >= 0.6 is 0 Å². The van der Waals surface area contributed by atoms with Crippen LogP contribution in [0.15, 0.2) is 48.5 Å². The van der Waals surface area contributed by atoms with E-state index in [1.54, 1.807) is 24.3 Å². The molecular weight excluding hydrogens is 564 g/mol. The predicted octanol–water partition coefficient (Wildman–Crippen LogP) is 2.76. The van der Waals surface area contributed by atoms with Crippen molar-refractivity contribution >= 4 is 17.7 Å². The number of rotatable bonds is 6. The lowest BCUT2D eigenvalue weighted by atomic mass is 9.59. The van der Waals surface area contributed by atoms with Gasteiger partial charge in [-0.25, -0.2) is 8.78 Å². The minimum Gasteiger partial charge on any atom is -0.356 e. The summed E-state index contributed by atoms with van der Waals surface area (Å²) in [5, 5.41) is 9.74. The molecule has 0 saturated carbocycles. The summed E-state index contributed by atoms with van der Waals surface area (Å²) in [7, 11) is 0. The third-order valence-corrected chi connectivity index (χ3v) is 11.2. The fourth-order valence-corrected chi connectivity index (χ4v) is 8.76. The van der Waals surface area contributed by atoms with E-state index in [-0.39, 0.29) is 35.0 Å². The van der Waals surface area contributed by atoms with E-state index < -0.39 is 28.9 Å². The molecule has 0 aromatic heterocycles. The van der Waals surface area contributed by atoms with Crippen molar-refractivity contribution in [3.05, 3.63) is 71.3 Å². The quantitative estimate of drug-likeness (QED) is 0.471. The fraction of sp³-hybridized carbons (Fsp3) is 0.559. The molecule has 2 spiro atoms. The van der Waals surface area contributed by atoms with Crippen molar-refractivity contribution < 1.29 is 23.2 Å². The minimum absolute atomic E-state index is 0.0618. The molecule has 2 aromatic rings. The van der Waals surface area contributed by atoms with Crippen molar-refractivity contribution in [2.24, 2.45) is 16.2 Å². The van der Waals surface area contributed by atoms with Gasteiger partial charge in [-0.1, -0.05) is 24.3 Å². The van der Waals surface area contributed by atoms with Gasteiger partial charge in [0.25, 0.3) is 0 Å². The summed E-state index contributed by atoms with van der Waals surface area (Å²) in [6.45, 7) is 6.33. The van der Waals surface area contributed by atoms with E-state index in [9.17, 15) is 23.2 Å². The van der Waals surface area contributed by atoms with Crippen LogP contribution in [0.3, 0.4) is 0 Å². The Hall–Kier alpha value is -3.37. The van der Waals surface area contributed by atoms with Gasteiger partial charge in [-0.05, 0) is 93.7 Å². The molecule has 0 bridgehead atoms. The van der Waals surface area contributed by atoms with Crippen LogP contribution in [0.4, 0.5) is 8.78 Å². The molecule has 8 nitrogen and oxygen atoms in total. The Balaban J connectivity index is 1.31. The van der Waals surface area contributed by atoms with Crippen LogP contribution in [0, 0.1) is 27.9 Å². The lowest BCUT2D eigenvalue weighted by Crippen LogP contribution is -2.65. The summed E-state index contributed by atoms with van der Waals surface area (Å²) in [5.41, 5.74) is -0.327. The summed E-state index contributed by atoms with van der Waals surface area (Å²) in [6, 6.07) is 11.5. The standard InChI is InChI=1S/C34H41F2N5O3/c35-25-5-1-23(2-6-25)27(29(42)40-19-32(20-40)9-14-37-15-10-32)34(13-18-39-31(34)44)28(24-3-7-26(36)8-4-24)30(43)41-21-33(22-41)11-16-38-17-12-33/h1-8,27-28,37-38H,9-22H2,(H,39,44). The molecule has 5 aliphatic rings. The van der Waals surface area contributed by atoms with E-state index in [0.717, 1.165) is 51.9 Å². The first-order chi connectivity index (χ1) is 21.2. The van der Waals surface area contributed by atoms with E-state index >= 15 is 0 Å². The lowest BCUT2D eigenvalue weighted by molar-refractivity contribution is -0.160. The summed E-state index contributed by atoms with van der Waals surface area (Å²) < 4.78 is 28.4. The molecule has 5 aliphatic heterocycles. The molecule has 5 heterocycles. The number of likely N-dealkylation sites (tertiary alicyclic amines) is 2. The molecule has 10 heteroatoms. The maximum absolute atomic E-state index is 14.7. The van der Waals surface area contributed by atoms with Gasteiger partial charge >= 0.3 is 0 Å². The molecule has 2 atom stereocenters. The average Bonchev–Trinajstić information content (AvgIpc) is 3.38. The summed E-state index contributed by atoms with van der Waals surface area (Å²) >= 11 is 0. The molecule has 0 radical (unpaired) electrons. The third-order valence-electron chi connectivity index (χ3n) is 11.2. The van der Waals surface area contributed by atoms with Gasteiger partial charge in [-0.15, -0.1) is 0 Å². The number of benzene rings is 2. The van der Waals surface area contributed by atoms with Crippen molar-refractivity contribution in [2.75, 3.05) is 58.9 Å². The van der Waals surface area contributed by atoms with Crippen LogP contribution in [0.25, 0.3) is 0 Å². The van der Waals surface area contributed by atoms with Crippen molar-refractivity contribution in [3.63, 3.8) is 0 Å². The third kappa shape index (κ3) is 4.90. The first-order valence-corrected chi connectivity index (χ1v) is 16.0. The van der Waals surface area contributed by atoms with Crippen molar-refractivity contribution in [2.45, 2.75) is 43.9 Å². The molecule has 234 valence electrons. The summed E-state index contributed by atoms with van der Waals surface area (Å²) in [4.78, 5) is 47.4. The Morgan fingerprint density at radius 3 is 1.34 bits per heavy atom. The Morgan fingerprint density at radius 1 is 0.614 bits per heavy atom. The van der Waals surface area contributed by atoms with Crippen molar-refractivity contribution in [3.8, 4) is 0 Å². The van der Waals surface area contributed by atoms with Crippen molar-refractivity contribution in [1.82, 2.24) is 25.8 Å². The largest absolute Gasteiger partial charge is 0.356 e. The first-order valence-electron chi connectivity index (χ1n) is 16.0. The average molecular weight is 606 g/mol. The van der Waals surface area contributed by atoms with Crippen LogP contribution in [-0.2, 0) is 14.4 Å². The Morgan fingerprint density at radius 2 is 1.00 bits per heavy atom. The maximum atomic E-state index is 14.7. The SMILES string of the molecule is O=C(C(c1ccc(F)cc1)C1(C(C(=O)N2CC3(CCNCC3)C2)c2ccc(F)cc2)CCNC1=O)N1CC2(CCNCC2)C1. The number of amides is 3. The molecule has 44 heavy (non-hydrogen) atoms. The number of halogens is 2. The van der Waals surface area contributed by atoms with Gasteiger partial charge in [0, 0.05) is 43.6 Å². The number of nitrogens with zero attached hydrogens (tertiary/aromatic N) is 2. The van der Waals surface area contributed by atoms with Crippen LogP contribution in [0.2, 0.25) is 0 Å². The van der Waals surface area contributed by atoms with Gasteiger partial charge in [-0.3, -0.25) is 14.4 Å². The fourth-order valence-electron chi connectivity index (χ4n) is 8.76. The van der Waals surface area contributed by atoms with E-state index in [4.69, 9.17) is 0 Å². The molecule has 3 N–H and O–H groups in total. The van der Waals surface area contributed by atoms with Gasteiger partial charge in [-0.2, -0.15) is 0 Å². The molecule has 3 amide bonds. The molecule has 0 aliphatic carbocycles. The number of hydrogen-bond donors (Lipinski definition) is 3. The smallest absolute Gasteiger partial charge is 0.231 e. The topological polar surface area (TPSA) is 93.8 Å². The second-order valence-corrected chi connectivity index (χ2v) is 13.9. The normalized spacial score (nSPS) is 26.9. The molecule has 2 unspecified atom stereocenters. The Bertz CT molecular complexity index is 1310. The molecular formula is C34H41F2N5O3. The lowest BCUT2D eigenvalue weighted by Gasteiger charge is -2.56. The highest BCUT2D eigenvalue weighted by Crippen LogP contribution is 2.55. The highest BCUT2D eigenvalue weighted by Gasteiger charge is 2.63. The van der Waals surface area contributed by atoms with Gasteiger partial charge in [0.15, 0.2) is 0 Å². The van der Waals surface area contributed by atoms with Crippen LogP contribution in [0.5, 0.6) is 0 Å². The summed E-state index contributed by atoms with van der Waals surface area (Å²) in [6.07, 6.45) is 4.16. The number of carbonyl (C=O) groups is 3. The molecule has 2 aromatic carbocycles. The zero-order valence-electron chi connectivity index (χ0n) is 25.0. The number of hydrogen-bond acceptors (Lipinski definition) is 5. The molecule has 5 fully saturated rings. The van der Waals surface area contributed by atoms with Gasteiger partial charge < -0.3 is 25.8 Å². The zero-order chi connectivity index (χ0) is 30.5. The summed E-state index contributed by atoms with van der Waals surface area (Å²) in [5.74, 6) is -3.71. The van der Waals surface area contributed by atoms with E-state index in [2.05, 4.69) is 16.0 Å². The zero-order valence-corrected chi connectivity index (χ0v) is 25.0. The number of piperidine rings is 2. The Kier molecular flexibility index (Phi) is 7.48. The number of nitrogens with one attached hydrogen (secondary N) is 3. The molecule has 7 rings (SSSR count). The second kappa shape index (κ2) is 11.2. The van der Waals surface area contributed by atoms with E-state index in [1.807, 2.05) is 9.80 Å². The first kappa shape index (κ1) is 29.3. The monoisotopic (exact) mass is 605 g/mol. The van der Waals surface area contributed by atoms with Crippen LogP contribution in [0.1, 0.15) is 55.1 Å². The Labute approximate surface area is 256 Å². The van der Waals surface area contributed by atoms with E-state index in [1.165, 1.54) is 24.3 Å². The van der Waals surface area contributed by atoms with Crippen molar-refractivity contribution in [1.29, 1.82) is 0 Å². The van der Waals surface area contributed by atoms with Crippen LogP contribution in [-0.4, -0.2) is 86.4 Å². The van der Waals surface area contributed by atoms with Gasteiger partial charge in [0.1, 0.15) is 11.6 Å². The second-order valence-electron chi connectivity index (χ2n) is 13.9. The van der Waals surface area contributed by atoms with Gasteiger partial charge in [0.05, 0.1) is 17.3 Å². The highest BCUT2D eigenvalue weighted by atomic mass is 19.1. The molecule has 5 saturated heterocycles. The highest BCUT2D eigenvalue weighted by molar-refractivity contribution is 6.01. The van der Waals surface area contributed by atoms with E-state index in [0.29, 0.717) is 43.9 Å².